The van der Waals surface area contributed by atoms with E-state index in [4.69, 9.17) is 5.73 Å². The minimum absolute atomic E-state index is 0. The summed E-state index contributed by atoms with van der Waals surface area (Å²) in [5.41, 5.74) is 5.81. The molecule has 2 bridgehead atoms. The molecule has 0 aromatic carbocycles. The topological polar surface area (TPSA) is 46.3 Å². The van der Waals surface area contributed by atoms with E-state index in [0.29, 0.717) is 12.1 Å². The molecule has 0 radical (unpaired) electrons. The molecular weight excluding hydrogens is 224 g/mol. The van der Waals surface area contributed by atoms with E-state index < -0.39 is 0 Å². The number of carbonyl (C=O) groups excluding carboxylic acids is 1. The predicted octanol–water partition coefficient (Wildman–Crippen LogP) is 1.93. The van der Waals surface area contributed by atoms with E-state index in [2.05, 4.69) is 4.90 Å². The fraction of sp³-hybridized carbons (Fsp3) is 0.917. The van der Waals surface area contributed by atoms with Crippen LogP contribution in [0.3, 0.4) is 0 Å². The van der Waals surface area contributed by atoms with Crippen molar-refractivity contribution in [2.75, 3.05) is 0 Å². The molecule has 2 rings (SSSR count). The number of hydrogen-bond acceptors (Lipinski definition) is 2. The average molecular weight is 247 g/mol. The first-order valence-corrected chi connectivity index (χ1v) is 6.19. The highest BCUT2D eigenvalue weighted by atomic mass is 35.5. The van der Waals surface area contributed by atoms with Gasteiger partial charge < -0.3 is 10.6 Å². The summed E-state index contributed by atoms with van der Waals surface area (Å²) >= 11 is 0. The van der Waals surface area contributed by atoms with Gasteiger partial charge in [-0.15, -0.1) is 12.4 Å². The molecule has 94 valence electrons. The Morgan fingerprint density at radius 2 is 1.69 bits per heavy atom. The molecule has 0 aromatic heterocycles. The summed E-state index contributed by atoms with van der Waals surface area (Å²) in [7, 11) is 0. The lowest BCUT2D eigenvalue weighted by molar-refractivity contribution is -0.139. The average Bonchev–Trinajstić information content (AvgIpc) is 2.46. The largest absolute Gasteiger partial charge is 0.336 e. The van der Waals surface area contributed by atoms with Crippen molar-refractivity contribution in [2.45, 2.75) is 64.1 Å². The van der Waals surface area contributed by atoms with E-state index in [1.807, 2.05) is 13.8 Å². The Bertz CT molecular complexity index is 241. The van der Waals surface area contributed by atoms with Gasteiger partial charge in [0, 0.05) is 18.1 Å². The van der Waals surface area contributed by atoms with Crippen molar-refractivity contribution in [3.8, 4) is 0 Å². The van der Waals surface area contributed by atoms with Crippen molar-refractivity contribution in [1.82, 2.24) is 4.90 Å². The van der Waals surface area contributed by atoms with Gasteiger partial charge in [0.25, 0.3) is 0 Å². The van der Waals surface area contributed by atoms with E-state index in [1.165, 1.54) is 32.1 Å². The third kappa shape index (κ3) is 2.35. The summed E-state index contributed by atoms with van der Waals surface area (Å²) < 4.78 is 0. The third-order valence-corrected chi connectivity index (χ3v) is 4.13. The van der Waals surface area contributed by atoms with Crippen molar-refractivity contribution >= 4 is 18.3 Å². The highest BCUT2D eigenvalue weighted by Crippen LogP contribution is 2.36. The lowest BCUT2D eigenvalue weighted by Gasteiger charge is -2.37. The molecule has 1 amide bonds. The number of halogens is 1. The first kappa shape index (κ1) is 13.8. The second-order valence-corrected chi connectivity index (χ2v) is 5.21. The molecule has 2 saturated heterocycles. The molecule has 0 aliphatic carbocycles. The van der Waals surface area contributed by atoms with Crippen LogP contribution in [-0.4, -0.2) is 28.9 Å². The Kier molecular flexibility index (Phi) is 4.62. The summed E-state index contributed by atoms with van der Waals surface area (Å²) in [5.74, 6) is 0.267. The molecule has 0 spiro atoms. The lowest BCUT2D eigenvalue weighted by atomic mass is 9.97. The number of hydrogen-bond donors (Lipinski definition) is 1. The molecule has 3 nitrogen and oxygen atoms in total. The van der Waals surface area contributed by atoms with E-state index in [9.17, 15) is 4.79 Å². The van der Waals surface area contributed by atoms with Gasteiger partial charge in [-0.05, 0) is 39.0 Å². The van der Waals surface area contributed by atoms with Crippen LogP contribution in [0.1, 0.15) is 46.0 Å². The van der Waals surface area contributed by atoms with Crippen LogP contribution in [0.25, 0.3) is 0 Å². The molecule has 4 atom stereocenters. The molecule has 2 heterocycles. The van der Waals surface area contributed by atoms with Crippen LogP contribution in [0.2, 0.25) is 0 Å². The van der Waals surface area contributed by atoms with Crippen LogP contribution >= 0.6 is 12.4 Å². The zero-order valence-corrected chi connectivity index (χ0v) is 11.0. The Labute approximate surface area is 104 Å². The second-order valence-electron chi connectivity index (χ2n) is 5.21. The Morgan fingerprint density at radius 3 is 2.12 bits per heavy atom. The first-order chi connectivity index (χ1) is 7.11. The fourth-order valence-electron chi connectivity index (χ4n) is 2.94. The van der Waals surface area contributed by atoms with E-state index in [0.717, 1.165) is 0 Å². The summed E-state index contributed by atoms with van der Waals surface area (Å²) in [6, 6.07) is 1.02. The minimum atomic E-state index is -0.0289. The molecule has 2 aliphatic rings. The van der Waals surface area contributed by atoms with Gasteiger partial charge in [-0.25, -0.2) is 0 Å². The number of carbonyl (C=O) groups is 1. The SMILES string of the molecule is CC(N)C(C)C(=O)N1C2CCCC1CC2.Cl. The van der Waals surface area contributed by atoms with Gasteiger partial charge in [-0.2, -0.15) is 0 Å². The number of rotatable bonds is 2. The quantitative estimate of drug-likeness (QED) is 0.810. The molecular formula is C12H23ClN2O. The molecule has 4 heteroatoms. The van der Waals surface area contributed by atoms with Crippen LogP contribution in [-0.2, 0) is 4.79 Å². The molecule has 4 unspecified atom stereocenters. The maximum atomic E-state index is 12.2. The highest BCUT2D eigenvalue weighted by Gasteiger charge is 2.41. The van der Waals surface area contributed by atoms with Gasteiger partial charge in [0.05, 0.1) is 5.92 Å². The van der Waals surface area contributed by atoms with Gasteiger partial charge in [0.2, 0.25) is 5.91 Å². The summed E-state index contributed by atoms with van der Waals surface area (Å²) in [6.07, 6.45) is 6.12. The Balaban J connectivity index is 0.00000128. The van der Waals surface area contributed by atoms with Gasteiger partial charge in [0.15, 0.2) is 0 Å². The summed E-state index contributed by atoms with van der Waals surface area (Å²) in [5, 5.41) is 0. The van der Waals surface area contributed by atoms with Crippen LogP contribution in [0.5, 0.6) is 0 Å². The van der Waals surface area contributed by atoms with E-state index in [-0.39, 0.29) is 30.3 Å². The monoisotopic (exact) mass is 246 g/mol. The van der Waals surface area contributed by atoms with Crippen molar-refractivity contribution in [2.24, 2.45) is 11.7 Å². The smallest absolute Gasteiger partial charge is 0.227 e. The molecule has 16 heavy (non-hydrogen) atoms. The zero-order chi connectivity index (χ0) is 11.0. The molecule has 0 aromatic rings. The van der Waals surface area contributed by atoms with Crippen LogP contribution in [0, 0.1) is 5.92 Å². The normalized spacial score (nSPS) is 31.8. The summed E-state index contributed by atoms with van der Waals surface area (Å²) in [6.45, 7) is 3.88. The van der Waals surface area contributed by atoms with Gasteiger partial charge in [-0.1, -0.05) is 6.92 Å². The Morgan fingerprint density at radius 1 is 1.19 bits per heavy atom. The number of piperidine rings is 1. The standard InChI is InChI=1S/C12H22N2O.ClH/c1-8(9(2)13)12(15)14-10-4-3-5-11(14)7-6-10;/h8-11H,3-7,13H2,1-2H3;1H. The van der Waals surface area contributed by atoms with Crippen molar-refractivity contribution in [3.05, 3.63) is 0 Å². The molecule has 2 fully saturated rings. The number of nitrogens with two attached hydrogens (primary N) is 1. The van der Waals surface area contributed by atoms with Crippen molar-refractivity contribution in [3.63, 3.8) is 0 Å². The molecule has 2 aliphatic heterocycles. The third-order valence-electron chi connectivity index (χ3n) is 4.13. The van der Waals surface area contributed by atoms with E-state index in [1.54, 1.807) is 0 Å². The number of amides is 1. The lowest BCUT2D eigenvalue weighted by Crippen LogP contribution is -2.49. The molecule has 0 saturated carbocycles. The van der Waals surface area contributed by atoms with Crippen LogP contribution in [0.15, 0.2) is 0 Å². The number of fused-ring (bicyclic) bond motifs is 2. The van der Waals surface area contributed by atoms with E-state index >= 15 is 0 Å². The van der Waals surface area contributed by atoms with Gasteiger partial charge in [0.1, 0.15) is 0 Å². The number of nitrogens with zero attached hydrogens (tertiary/aromatic N) is 1. The minimum Gasteiger partial charge on any atom is -0.336 e. The zero-order valence-electron chi connectivity index (χ0n) is 10.2. The van der Waals surface area contributed by atoms with Crippen molar-refractivity contribution < 1.29 is 4.79 Å². The summed E-state index contributed by atoms with van der Waals surface area (Å²) in [4.78, 5) is 14.4. The Hall–Kier alpha value is -0.280. The predicted molar refractivity (Wildman–Crippen MR) is 67.6 cm³/mol. The fourth-order valence-corrected chi connectivity index (χ4v) is 2.94. The van der Waals surface area contributed by atoms with Crippen LogP contribution in [0.4, 0.5) is 0 Å². The first-order valence-electron chi connectivity index (χ1n) is 6.19. The second kappa shape index (κ2) is 5.37. The maximum absolute atomic E-state index is 12.2. The van der Waals surface area contributed by atoms with Gasteiger partial charge >= 0.3 is 0 Å². The van der Waals surface area contributed by atoms with Crippen molar-refractivity contribution in [1.29, 1.82) is 0 Å². The maximum Gasteiger partial charge on any atom is 0.227 e. The molecule has 2 N–H and O–H groups in total. The highest BCUT2D eigenvalue weighted by molar-refractivity contribution is 5.85. The van der Waals surface area contributed by atoms with Crippen LogP contribution < -0.4 is 5.73 Å². The van der Waals surface area contributed by atoms with Gasteiger partial charge in [-0.3, -0.25) is 4.79 Å².